The lowest BCUT2D eigenvalue weighted by atomic mass is 9.82. The number of thiazole rings is 1. The summed E-state index contributed by atoms with van der Waals surface area (Å²) in [4.78, 5) is 12.5. The Morgan fingerprint density at radius 3 is 2.65 bits per heavy atom. The second-order valence-corrected chi connectivity index (χ2v) is 7.28. The van der Waals surface area contributed by atoms with E-state index in [9.17, 15) is 0 Å². The highest BCUT2D eigenvalue weighted by molar-refractivity contribution is 7.11. The first kappa shape index (κ1) is 13.9. The van der Waals surface area contributed by atoms with Crippen molar-refractivity contribution in [2.45, 2.75) is 39.2 Å². The molecule has 0 bridgehead atoms. The number of aryl methyl sites for hydroxylation is 1. The van der Waals surface area contributed by atoms with Gasteiger partial charge in [-0.15, -0.1) is 11.3 Å². The standard InChI is InChI=1S/C15H24N4S/c1-11-17-7-14(20-11)8-18-15(16-2)19-9-12-5-3-4-6-13(12)10-19/h7,12-13H,3-6,8-10H2,1-2H3,(H,16,18). The van der Waals surface area contributed by atoms with Crippen molar-refractivity contribution in [1.29, 1.82) is 0 Å². The van der Waals surface area contributed by atoms with Crippen LogP contribution in [0.15, 0.2) is 11.2 Å². The van der Waals surface area contributed by atoms with Crippen LogP contribution in [0.4, 0.5) is 0 Å². The van der Waals surface area contributed by atoms with Crippen molar-refractivity contribution in [3.05, 3.63) is 16.1 Å². The zero-order chi connectivity index (χ0) is 13.9. The fraction of sp³-hybridized carbons (Fsp3) is 0.733. The van der Waals surface area contributed by atoms with E-state index in [0.29, 0.717) is 0 Å². The van der Waals surface area contributed by atoms with Crippen molar-refractivity contribution in [3.8, 4) is 0 Å². The minimum atomic E-state index is 0.837. The Morgan fingerprint density at radius 1 is 1.40 bits per heavy atom. The Bertz CT molecular complexity index is 468. The number of rotatable bonds is 2. The molecule has 4 nitrogen and oxygen atoms in total. The van der Waals surface area contributed by atoms with E-state index < -0.39 is 0 Å². The highest BCUT2D eigenvalue weighted by Crippen LogP contribution is 2.35. The van der Waals surface area contributed by atoms with Gasteiger partial charge in [-0.1, -0.05) is 12.8 Å². The zero-order valence-electron chi connectivity index (χ0n) is 12.4. The zero-order valence-corrected chi connectivity index (χ0v) is 13.2. The Hall–Kier alpha value is -1.10. The lowest BCUT2D eigenvalue weighted by Crippen LogP contribution is -2.39. The van der Waals surface area contributed by atoms with Crippen LogP contribution in [-0.2, 0) is 6.54 Å². The Balaban J connectivity index is 1.57. The fourth-order valence-electron chi connectivity index (χ4n) is 3.56. The minimum absolute atomic E-state index is 0.837. The van der Waals surface area contributed by atoms with Gasteiger partial charge in [-0.25, -0.2) is 4.98 Å². The number of guanidine groups is 1. The monoisotopic (exact) mass is 292 g/mol. The van der Waals surface area contributed by atoms with E-state index in [0.717, 1.165) is 29.3 Å². The Kier molecular flexibility index (Phi) is 4.24. The van der Waals surface area contributed by atoms with E-state index in [-0.39, 0.29) is 0 Å². The molecule has 0 amide bonds. The molecule has 2 fully saturated rings. The molecule has 1 aromatic rings. The summed E-state index contributed by atoms with van der Waals surface area (Å²) < 4.78 is 0. The summed E-state index contributed by atoms with van der Waals surface area (Å²) >= 11 is 1.76. The predicted molar refractivity (Wildman–Crippen MR) is 84.1 cm³/mol. The number of hydrogen-bond acceptors (Lipinski definition) is 3. The minimum Gasteiger partial charge on any atom is -0.351 e. The molecule has 3 rings (SSSR count). The van der Waals surface area contributed by atoms with Crippen LogP contribution in [0.5, 0.6) is 0 Å². The summed E-state index contributed by atoms with van der Waals surface area (Å²) in [6.45, 7) is 5.26. The topological polar surface area (TPSA) is 40.5 Å². The molecule has 1 aromatic heterocycles. The summed E-state index contributed by atoms with van der Waals surface area (Å²) in [5, 5.41) is 4.63. The molecule has 1 N–H and O–H groups in total. The number of likely N-dealkylation sites (tertiary alicyclic amines) is 1. The molecule has 2 unspecified atom stereocenters. The number of nitrogens with zero attached hydrogens (tertiary/aromatic N) is 3. The lowest BCUT2D eigenvalue weighted by molar-refractivity contribution is 0.299. The molecule has 1 saturated carbocycles. The largest absolute Gasteiger partial charge is 0.351 e. The van der Waals surface area contributed by atoms with Crippen molar-refractivity contribution in [1.82, 2.24) is 15.2 Å². The van der Waals surface area contributed by atoms with Gasteiger partial charge in [0.05, 0.1) is 11.6 Å². The average molecular weight is 292 g/mol. The van der Waals surface area contributed by atoms with Gasteiger partial charge in [-0.2, -0.15) is 0 Å². The molecule has 1 saturated heterocycles. The van der Waals surface area contributed by atoms with E-state index >= 15 is 0 Å². The molecule has 110 valence electrons. The third-order valence-corrected chi connectivity index (χ3v) is 5.49. The predicted octanol–water partition coefficient (Wildman–Crippen LogP) is 2.65. The smallest absolute Gasteiger partial charge is 0.193 e. The molecule has 0 spiro atoms. The van der Waals surface area contributed by atoms with Crippen LogP contribution in [0.2, 0.25) is 0 Å². The number of fused-ring (bicyclic) bond motifs is 1. The molecule has 0 aromatic carbocycles. The van der Waals surface area contributed by atoms with Gasteiger partial charge in [0, 0.05) is 31.2 Å². The molecule has 20 heavy (non-hydrogen) atoms. The molecule has 1 aliphatic carbocycles. The van der Waals surface area contributed by atoms with E-state index in [2.05, 4.69) is 20.2 Å². The summed E-state index contributed by atoms with van der Waals surface area (Å²) in [5.74, 6) is 2.85. The average Bonchev–Trinajstić information content (AvgIpc) is 3.05. The van der Waals surface area contributed by atoms with Crippen LogP contribution in [-0.4, -0.2) is 36.0 Å². The molecule has 1 aliphatic heterocycles. The quantitative estimate of drug-likeness (QED) is 0.673. The maximum atomic E-state index is 4.47. The number of aromatic nitrogens is 1. The summed E-state index contributed by atoms with van der Waals surface area (Å²) in [6.07, 6.45) is 7.62. The van der Waals surface area contributed by atoms with Gasteiger partial charge in [0.1, 0.15) is 0 Å². The molecule has 0 radical (unpaired) electrons. The van der Waals surface area contributed by atoms with Crippen molar-refractivity contribution in [2.24, 2.45) is 16.8 Å². The Morgan fingerprint density at radius 2 is 2.10 bits per heavy atom. The maximum Gasteiger partial charge on any atom is 0.193 e. The normalized spacial score (nSPS) is 26.7. The van der Waals surface area contributed by atoms with Crippen LogP contribution in [0.1, 0.15) is 35.6 Å². The van der Waals surface area contributed by atoms with E-state index in [4.69, 9.17) is 0 Å². The van der Waals surface area contributed by atoms with Crippen molar-refractivity contribution in [2.75, 3.05) is 20.1 Å². The van der Waals surface area contributed by atoms with Crippen LogP contribution >= 0.6 is 11.3 Å². The van der Waals surface area contributed by atoms with Crippen LogP contribution in [0.25, 0.3) is 0 Å². The van der Waals surface area contributed by atoms with Gasteiger partial charge in [-0.3, -0.25) is 4.99 Å². The molecule has 5 heteroatoms. The first-order valence-electron chi connectivity index (χ1n) is 7.63. The van der Waals surface area contributed by atoms with E-state index in [1.54, 1.807) is 11.3 Å². The highest BCUT2D eigenvalue weighted by Gasteiger charge is 2.35. The third kappa shape index (κ3) is 2.97. The summed E-state index contributed by atoms with van der Waals surface area (Å²) in [5.41, 5.74) is 0. The van der Waals surface area contributed by atoms with Gasteiger partial charge < -0.3 is 10.2 Å². The van der Waals surface area contributed by atoms with E-state index in [1.165, 1.54) is 43.6 Å². The van der Waals surface area contributed by atoms with Crippen molar-refractivity contribution < 1.29 is 0 Å². The van der Waals surface area contributed by atoms with Gasteiger partial charge in [-0.05, 0) is 31.6 Å². The number of aliphatic imine (C=N–C) groups is 1. The second-order valence-electron chi connectivity index (χ2n) is 5.96. The van der Waals surface area contributed by atoms with Crippen LogP contribution in [0.3, 0.4) is 0 Å². The maximum absolute atomic E-state index is 4.47. The van der Waals surface area contributed by atoms with Crippen molar-refractivity contribution >= 4 is 17.3 Å². The first-order valence-corrected chi connectivity index (χ1v) is 8.45. The van der Waals surface area contributed by atoms with Gasteiger partial charge in [0.15, 0.2) is 5.96 Å². The van der Waals surface area contributed by atoms with Crippen molar-refractivity contribution in [3.63, 3.8) is 0 Å². The van der Waals surface area contributed by atoms with Crippen LogP contribution < -0.4 is 5.32 Å². The molecule has 2 heterocycles. The summed E-state index contributed by atoms with van der Waals surface area (Å²) in [7, 11) is 1.89. The van der Waals surface area contributed by atoms with Gasteiger partial charge in [0.2, 0.25) is 0 Å². The lowest BCUT2D eigenvalue weighted by Gasteiger charge is -2.22. The number of nitrogens with one attached hydrogen (secondary N) is 1. The van der Waals surface area contributed by atoms with Gasteiger partial charge in [0.25, 0.3) is 0 Å². The Labute approximate surface area is 125 Å². The third-order valence-electron chi connectivity index (χ3n) is 4.58. The second kappa shape index (κ2) is 6.12. The van der Waals surface area contributed by atoms with Crippen LogP contribution in [0, 0.1) is 18.8 Å². The fourth-order valence-corrected chi connectivity index (χ4v) is 4.30. The molecular weight excluding hydrogens is 268 g/mol. The first-order chi connectivity index (χ1) is 9.76. The SMILES string of the molecule is CN=C(NCc1cnc(C)s1)N1CC2CCCCC2C1. The molecule has 2 atom stereocenters. The molecule has 2 aliphatic rings. The van der Waals surface area contributed by atoms with E-state index in [1.807, 2.05) is 20.2 Å². The highest BCUT2D eigenvalue weighted by atomic mass is 32.1. The molecular formula is C15H24N4S. The number of hydrogen-bond donors (Lipinski definition) is 1. The van der Waals surface area contributed by atoms with Gasteiger partial charge >= 0.3 is 0 Å². The summed E-state index contributed by atoms with van der Waals surface area (Å²) in [6, 6.07) is 0.